The van der Waals surface area contributed by atoms with Crippen LogP contribution >= 0.6 is 27.3 Å². The summed E-state index contributed by atoms with van der Waals surface area (Å²) in [6.07, 6.45) is 0. The van der Waals surface area contributed by atoms with Crippen LogP contribution in [-0.2, 0) is 0 Å². The average Bonchev–Trinajstić information content (AvgIpc) is 2.66. The van der Waals surface area contributed by atoms with E-state index in [-0.39, 0.29) is 0 Å². The summed E-state index contributed by atoms with van der Waals surface area (Å²) in [6, 6.07) is 2.25. The fourth-order valence-electron chi connectivity index (χ4n) is 1.96. The summed E-state index contributed by atoms with van der Waals surface area (Å²) in [6.45, 7) is 8.17. The molecule has 4 heteroatoms. The minimum Gasteiger partial charge on any atom is -0.314 e. The van der Waals surface area contributed by atoms with E-state index in [9.17, 15) is 0 Å². The van der Waals surface area contributed by atoms with E-state index in [0.29, 0.717) is 5.92 Å². The predicted molar refractivity (Wildman–Crippen MR) is 69.7 cm³/mol. The number of piperazine rings is 1. The minimum absolute atomic E-state index is 0.652. The molecular weight excluding hydrogens is 272 g/mol. The first-order chi connectivity index (χ1) is 7.25. The maximum atomic E-state index is 3.51. The highest BCUT2D eigenvalue weighted by atomic mass is 79.9. The van der Waals surface area contributed by atoms with Gasteiger partial charge in [0.25, 0.3) is 0 Å². The van der Waals surface area contributed by atoms with Crippen LogP contribution < -0.4 is 5.32 Å². The lowest BCUT2D eigenvalue weighted by Gasteiger charge is -2.29. The van der Waals surface area contributed by atoms with Crippen LogP contribution in [-0.4, -0.2) is 37.6 Å². The molecule has 1 aliphatic rings. The monoisotopic (exact) mass is 288 g/mol. The predicted octanol–water partition coefficient (Wildman–Crippen LogP) is 2.52. The second-order valence-electron chi connectivity index (χ2n) is 4.12. The Morgan fingerprint density at radius 1 is 1.53 bits per heavy atom. The third kappa shape index (κ3) is 3.28. The molecule has 2 heterocycles. The van der Waals surface area contributed by atoms with Gasteiger partial charge >= 0.3 is 0 Å². The molecule has 2 rings (SSSR count). The lowest BCUT2D eigenvalue weighted by atomic mass is 10.1. The van der Waals surface area contributed by atoms with Gasteiger partial charge in [0.15, 0.2) is 0 Å². The Bertz CT molecular complexity index is 307. The van der Waals surface area contributed by atoms with Crippen molar-refractivity contribution in [3.63, 3.8) is 0 Å². The third-order valence-corrected chi connectivity index (χ3v) is 4.74. The van der Waals surface area contributed by atoms with Gasteiger partial charge in [-0.05, 0) is 22.0 Å². The zero-order valence-corrected chi connectivity index (χ0v) is 11.4. The molecule has 0 radical (unpaired) electrons. The first-order valence-electron chi connectivity index (χ1n) is 5.42. The number of nitrogens with one attached hydrogen (secondary N) is 1. The molecule has 1 N–H and O–H groups in total. The molecule has 0 aliphatic carbocycles. The van der Waals surface area contributed by atoms with E-state index in [1.165, 1.54) is 29.0 Å². The van der Waals surface area contributed by atoms with Crippen molar-refractivity contribution < 1.29 is 0 Å². The molecule has 1 saturated heterocycles. The smallest absolute Gasteiger partial charge is 0.0285 e. The van der Waals surface area contributed by atoms with E-state index in [1.54, 1.807) is 0 Å². The molecule has 0 bridgehead atoms. The van der Waals surface area contributed by atoms with E-state index in [2.05, 4.69) is 44.5 Å². The van der Waals surface area contributed by atoms with Crippen LogP contribution in [0.3, 0.4) is 0 Å². The summed E-state index contributed by atoms with van der Waals surface area (Å²) in [5.74, 6) is 0.652. The van der Waals surface area contributed by atoms with Crippen LogP contribution in [0.5, 0.6) is 0 Å². The number of thiophene rings is 1. The van der Waals surface area contributed by atoms with E-state index in [4.69, 9.17) is 0 Å². The number of nitrogens with zero attached hydrogens (tertiary/aromatic N) is 1. The second kappa shape index (κ2) is 5.43. The number of rotatable bonds is 3. The molecule has 0 saturated carbocycles. The van der Waals surface area contributed by atoms with Gasteiger partial charge in [0.2, 0.25) is 0 Å². The Hall–Kier alpha value is 0.1000. The van der Waals surface area contributed by atoms with E-state index >= 15 is 0 Å². The first-order valence-corrected chi connectivity index (χ1v) is 7.10. The van der Waals surface area contributed by atoms with Gasteiger partial charge < -0.3 is 10.2 Å². The summed E-state index contributed by atoms with van der Waals surface area (Å²) < 4.78 is 1.22. The van der Waals surface area contributed by atoms with Crippen molar-refractivity contribution in [2.45, 2.75) is 12.8 Å². The van der Waals surface area contributed by atoms with Crippen molar-refractivity contribution in [3.8, 4) is 0 Å². The summed E-state index contributed by atoms with van der Waals surface area (Å²) in [4.78, 5) is 4.04. The lowest BCUT2D eigenvalue weighted by Crippen LogP contribution is -2.44. The lowest BCUT2D eigenvalue weighted by molar-refractivity contribution is 0.231. The Balaban J connectivity index is 1.88. The topological polar surface area (TPSA) is 15.3 Å². The zero-order valence-electron chi connectivity index (χ0n) is 9.00. The van der Waals surface area contributed by atoms with Crippen molar-refractivity contribution in [2.75, 3.05) is 32.7 Å². The highest BCUT2D eigenvalue weighted by Crippen LogP contribution is 2.27. The van der Waals surface area contributed by atoms with Gasteiger partial charge in [0.1, 0.15) is 0 Å². The minimum atomic E-state index is 0.652. The highest BCUT2D eigenvalue weighted by Gasteiger charge is 2.15. The van der Waals surface area contributed by atoms with Gasteiger partial charge in [-0.2, -0.15) is 0 Å². The Morgan fingerprint density at radius 2 is 2.27 bits per heavy atom. The molecule has 1 unspecified atom stereocenters. The SMILES string of the molecule is CC(CN1CCNCC1)c1cc(Br)cs1. The van der Waals surface area contributed by atoms with Crippen molar-refractivity contribution >= 4 is 27.3 Å². The molecule has 0 amide bonds. The van der Waals surface area contributed by atoms with E-state index in [0.717, 1.165) is 13.1 Å². The van der Waals surface area contributed by atoms with Crippen molar-refractivity contribution in [1.29, 1.82) is 0 Å². The quantitative estimate of drug-likeness (QED) is 0.920. The van der Waals surface area contributed by atoms with Gasteiger partial charge in [0.05, 0.1) is 0 Å². The number of hydrogen-bond donors (Lipinski definition) is 1. The molecule has 84 valence electrons. The van der Waals surface area contributed by atoms with Gasteiger partial charge in [-0.3, -0.25) is 0 Å². The van der Waals surface area contributed by atoms with Gasteiger partial charge in [-0.1, -0.05) is 6.92 Å². The average molecular weight is 289 g/mol. The molecular formula is C11H17BrN2S. The molecule has 1 atom stereocenters. The molecule has 1 fully saturated rings. The Morgan fingerprint density at radius 3 is 2.87 bits per heavy atom. The highest BCUT2D eigenvalue weighted by molar-refractivity contribution is 9.10. The van der Waals surface area contributed by atoms with Crippen LogP contribution in [0.15, 0.2) is 15.9 Å². The van der Waals surface area contributed by atoms with Crippen molar-refractivity contribution in [3.05, 3.63) is 20.8 Å². The second-order valence-corrected chi connectivity index (χ2v) is 5.98. The fourth-order valence-corrected chi connectivity index (χ4v) is 3.45. The molecule has 1 aromatic rings. The summed E-state index contributed by atoms with van der Waals surface area (Å²) in [5.41, 5.74) is 0. The summed E-state index contributed by atoms with van der Waals surface area (Å²) in [7, 11) is 0. The van der Waals surface area contributed by atoms with Crippen LogP contribution in [0, 0.1) is 0 Å². The van der Waals surface area contributed by atoms with Crippen LogP contribution in [0.4, 0.5) is 0 Å². The van der Waals surface area contributed by atoms with Crippen molar-refractivity contribution in [1.82, 2.24) is 10.2 Å². The van der Waals surface area contributed by atoms with Gasteiger partial charge in [-0.15, -0.1) is 11.3 Å². The number of hydrogen-bond acceptors (Lipinski definition) is 3. The standard InChI is InChI=1S/C11H17BrN2S/c1-9(11-6-10(12)8-15-11)7-14-4-2-13-3-5-14/h6,8-9,13H,2-5,7H2,1H3. The normalized spacial score (nSPS) is 20.4. The maximum absolute atomic E-state index is 3.51. The van der Waals surface area contributed by atoms with Gasteiger partial charge in [0, 0.05) is 53.4 Å². The molecule has 0 aromatic carbocycles. The largest absolute Gasteiger partial charge is 0.314 e. The third-order valence-electron chi connectivity index (χ3n) is 2.82. The van der Waals surface area contributed by atoms with Crippen molar-refractivity contribution in [2.24, 2.45) is 0 Å². The van der Waals surface area contributed by atoms with Gasteiger partial charge in [-0.25, -0.2) is 0 Å². The molecule has 1 aromatic heterocycles. The maximum Gasteiger partial charge on any atom is 0.0285 e. The molecule has 2 nitrogen and oxygen atoms in total. The van der Waals surface area contributed by atoms with Crippen LogP contribution in [0.1, 0.15) is 17.7 Å². The molecule has 15 heavy (non-hydrogen) atoms. The van der Waals surface area contributed by atoms with Crippen LogP contribution in [0.25, 0.3) is 0 Å². The number of halogens is 1. The van der Waals surface area contributed by atoms with E-state index < -0.39 is 0 Å². The Kier molecular flexibility index (Phi) is 4.20. The first kappa shape index (κ1) is 11.6. The summed E-state index contributed by atoms with van der Waals surface area (Å²) >= 11 is 5.37. The molecule has 1 aliphatic heterocycles. The zero-order chi connectivity index (χ0) is 10.7. The fraction of sp³-hybridized carbons (Fsp3) is 0.636. The summed E-state index contributed by atoms with van der Waals surface area (Å²) in [5, 5.41) is 5.56. The molecule has 0 spiro atoms. The van der Waals surface area contributed by atoms with Crippen LogP contribution in [0.2, 0.25) is 0 Å². The Labute approximate surface area is 104 Å². The van der Waals surface area contributed by atoms with E-state index in [1.807, 2.05) is 11.3 Å².